The van der Waals surface area contributed by atoms with Gasteiger partial charge >= 0.3 is 0 Å². The molecule has 0 bridgehead atoms. The highest BCUT2D eigenvalue weighted by Gasteiger charge is 2.20. The molecule has 1 amide bonds. The van der Waals surface area contributed by atoms with E-state index in [9.17, 15) is 9.59 Å². The molecule has 5 aromatic rings. The van der Waals surface area contributed by atoms with Crippen molar-refractivity contribution in [3.05, 3.63) is 86.8 Å². The molecule has 3 aromatic heterocycles. The van der Waals surface area contributed by atoms with E-state index in [2.05, 4.69) is 5.32 Å². The molecule has 0 spiro atoms. The Morgan fingerprint density at radius 2 is 1.97 bits per heavy atom. The second kappa shape index (κ2) is 10.2. The second-order valence-electron chi connectivity index (χ2n) is 7.36. The van der Waals surface area contributed by atoms with E-state index in [0.717, 1.165) is 10.4 Å². The van der Waals surface area contributed by atoms with Gasteiger partial charge in [-0.15, -0.1) is 22.7 Å². The third kappa shape index (κ3) is 4.85. The van der Waals surface area contributed by atoms with Crippen molar-refractivity contribution in [1.29, 1.82) is 0 Å². The zero-order valence-electron chi connectivity index (χ0n) is 18.4. The summed E-state index contributed by atoms with van der Waals surface area (Å²) in [5, 5.41) is 8.29. The van der Waals surface area contributed by atoms with Crippen molar-refractivity contribution in [2.45, 2.75) is 5.16 Å². The Balaban J connectivity index is 1.51. The topological polar surface area (TPSA) is 73.2 Å². The summed E-state index contributed by atoms with van der Waals surface area (Å²) in [5.74, 6) is 0.284. The standard InChI is InChI=1S/C25H18ClN3O3S3/c1-32-19-10-9-15(26)12-18(19)27-21(30)14-35-25-28-23-22(17(13-34-23)20-8-5-11-33-20)24(31)29(25)16-6-3-2-4-7-16/h2-13H,14H2,1H3,(H,27,30). The minimum atomic E-state index is -0.269. The molecule has 0 fully saturated rings. The van der Waals surface area contributed by atoms with Crippen molar-refractivity contribution in [2.24, 2.45) is 0 Å². The maximum atomic E-state index is 13.8. The lowest BCUT2D eigenvalue weighted by molar-refractivity contribution is -0.113. The SMILES string of the molecule is COc1ccc(Cl)cc1NC(=O)CSc1nc2scc(-c3cccs3)c2c(=O)n1-c1ccccc1. The van der Waals surface area contributed by atoms with Crippen LogP contribution in [0, 0.1) is 0 Å². The Morgan fingerprint density at radius 3 is 2.71 bits per heavy atom. The lowest BCUT2D eigenvalue weighted by Crippen LogP contribution is -2.22. The van der Waals surface area contributed by atoms with E-state index in [1.54, 1.807) is 34.1 Å². The highest BCUT2D eigenvalue weighted by atomic mass is 35.5. The van der Waals surface area contributed by atoms with E-state index in [1.165, 1.54) is 30.2 Å². The second-order valence-corrected chi connectivity index (χ2v) is 10.5. The molecule has 0 radical (unpaired) electrons. The molecule has 10 heteroatoms. The number of ether oxygens (including phenoxy) is 1. The van der Waals surface area contributed by atoms with E-state index in [0.29, 0.717) is 37.5 Å². The van der Waals surface area contributed by atoms with E-state index < -0.39 is 0 Å². The molecule has 0 saturated carbocycles. The lowest BCUT2D eigenvalue weighted by Gasteiger charge is -2.13. The minimum Gasteiger partial charge on any atom is -0.495 e. The van der Waals surface area contributed by atoms with Crippen LogP contribution < -0.4 is 15.6 Å². The van der Waals surface area contributed by atoms with Gasteiger partial charge in [0.2, 0.25) is 5.91 Å². The van der Waals surface area contributed by atoms with Gasteiger partial charge < -0.3 is 10.1 Å². The van der Waals surface area contributed by atoms with Gasteiger partial charge in [0.05, 0.1) is 29.6 Å². The summed E-state index contributed by atoms with van der Waals surface area (Å²) in [4.78, 5) is 33.0. The fourth-order valence-corrected chi connectivity index (χ4v) is 6.37. The van der Waals surface area contributed by atoms with Gasteiger partial charge in [0.1, 0.15) is 10.6 Å². The molecule has 5 rings (SSSR count). The number of carbonyl (C=O) groups excluding carboxylic acids is 1. The van der Waals surface area contributed by atoms with E-state index in [1.807, 2.05) is 53.2 Å². The number of amides is 1. The van der Waals surface area contributed by atoms with E-state index >= 15 is 0 Å². The van der Waals surface area contributed by atoms with Crippen molar-refractivity contribution >= 4 is 67.8 Å². The number of nitrogens with zero attached hydrogens (tertiary/aromatic N) is 2. The summed E-state index contributed by atoms with van der Waals surface area (Å²) in [7, 11) is 1.52. The first-order valence-corrected chi connectivity index (χ1v) is 13.6. The summed E-state index contributed by atoms with van der Waals surface area (Å²) >= 11 is 10.3. The van der Waals surface area contributed by atoms with Crippen molar-refractivity contribution in [2.75, 3.05) is 18.2 Å². The van der Waals surface area contributed by atoms with Gasteiger partial charge in [0, 0.05) is 20.8 Å². The molecule has 0 aliphatic rings. The first-order chi connectivity index (χ1) is 17.0. The summed E-state index contributed by atoms with van der Waals surface area (Å²) in [5.41, 5.74) is 1.89. The van der Waals surface area contributed by atoms with Crippen molar-refractivity contribution < 1.29 is 9.53 Å². The minimum absolute atomic E-state index is 0.0452. The summed E-state index contributed by atoms with van der Waals surface area (Å²) in [6.07, 6.45) is 0. The summed E-state index contributed by atoms with van der Waals surface area (Å²) in [6.45, 7) is 0. The number of nitrogens with one attached hydrogen (secondary N) is 1. The molecule has 0 aliphatic heterocycles. The third-order valence-corrected chi connectivity index (χ3v) is 8.10. The van der Waals surface area contributed by atoms with Gasteiger partial charge in [-0.2, -0.15) is 0 Å². The van der Waals surface area contributed by atoms with Gasteiger partial charge in [-0.25, -0.2) is 4.98 Å². The molecule has 3 heterocycles. The number of anilines is 1. The Kier molecular flexibility index (Phi) is 6.92. The first kappa shape index (κ1) is 23.6. The molecule has 35 heavy (non-hydrogen) atoms. The van der Waals surface area contributed by atoms with Crippen LogP contribution in [0.4, 0.5) is 5.69 Å². The zero-order valence-corrected chi connectivity index (χ0v) is 21.6. The molecule has 176 valence electrons. The van der Waals surface area contributed by atoms with Crippen LogP contribution in [-0.4, -0.2) is 28.3 Å². The number of thiophene rings is 2. The van der Waals surface area contributed by atoms with Gasteiger partial charge in [-0.05, 0) is 41.8 Å². The molecule has 0 atom stereocenters. The Bertz CT molecular complexity index is 1560. The molecule has 0 saturated heterocycles. The van der Waals surface area contributed by atoms with Crippen LogP contribution in [0.2, 0.25) is 5.02 Å². The van der Waals surface area contributed by atoms with Gasteiger partial charge in [0.15, 0.2) is 5.16 Å². The van der Waals surface area contributed by atoms with Crippen molar-refractivity contribution in [3.63, 3.8) is 0 Å². The predicted molar refractivity (Wildman–Crippen MR) is 146 cm³/mol. The number of carbonyl (C=O) groups is 1. The fraction of sp³-hybridized carbons (Fsp3) is 0.0800. The largest absolute Gasteiger partial charge is 0.495 e. The maximum Gasteiger partial charge on any atom is 0.268 e. The average molecular weight is 540 g/mol. The van der Waals surface area contributed by atoms with Crippen LogP contribution in [0.5, 0.6) is 5.75 Å². The molecular formula is C25H18ClN3O3S3. The zero-order chi connectivity index (χ0) is 24.4. The number of methoxy groups -OCH3 is 1. The molecule has 0 aliphatic carbocycles. The Labute approximate surface area is 218 Å². The smallest absolute Gasteiger partial charge is 0.268 e. The molecule has 0 unspecified atom stereocenters. The van der Waals surface area contributed by atoms with Gasteiger partial charge in [-0.1, -0.05) is 47.6 Å². The van der Waals surface area contributed by atoms with E-state index in [-0.39, 0.29) is 17.2 Å². The van der Waals surface area contributed by atoms with Crippen LogP contribution in [-0.2, 0) is 4.79 Å². The monoisotopic (exact) mass is 539 g/mol. The van der Waals surface area contributed by atoms with Gasteiger partial charge in [0.25, 0.3) is 5.56 Å². The number of rotatable bonds is 7. The summed E-state index contributed by atoms with van der Waals surface area (Å²) in [6, 6.07) is 18.3. The lowest BCUT2D eigenvalue weighted by atomic mass is 10.2. The van der Waals surface area contributed by atoms with Crippen LogP contribution in [0.15, 0.2) is 81.4 Å². The average Bonchev–Trinajstić information content (AvgIpc) is 3.54. The first-order valence-electron chi connectivity index (χ1n) is 10.4. The number of halogens is 1. The number of aromatic nitrogens is 2. The molecular weight excluding hydrogens is 522 g/mol. The number of hydrogen-bond acceptors (Lipinski definition) is 7. The third-order valence-electron chi connectivity index (χ3n) is 5.15. The van der Waals surface area contributed by atoms with Gasteiger partial charge in [-0.3, -0.25) is 14.2 Å². The van der Waals surface area contributed by atoms with Crippen molar-refractivity contribution in [3.8, 4) is 21.9 Å². The normalized spacial score (nSPS) is 11.0. The van der Waals surface area contributed by atoms with Crippen LogP contribution in [0.1, 0.15) is 0 Å². The van der Waals surface area contributed by atoms with Crippen LogP contribution >= 0.6 is 46.0 Å². The van der Waals surface area contributed by atoms with E-state index in [4.69, 9.17) is 21.3 Å². The highest BCUT2D eigenvalue weighted by molar-refractivity contribution is 7.99. The predicted octanol–water partition coefficient (Wildman–Crippen LogP) is 6.57. The fourth-order valence-electron chi connectivity index (χ4n) is 3.58. The number of thioether (sulfide) groups is 1. The number of benzene rings is 2. The number of para-hydroxylation sites is 1. The van der Waals surface area contributed by atoms with Crippen molar-refractivity contribution in [1.82, 2.24) is 9.55 Å². The quantitative estimate of drug-likeness (QED) is 0.187. The number of hydrogen-bond donors (Lipinski definition) is 1. The highest BCUT2D eigenvalue weighted by Crippen LogP contribution is 2.35. The summed E-state index contributed by atoms with van der Waals surface area (Å²) < 4.78 is 6.88. The Hall–Kier alpha value is -3.11. The molecule has 2 aromatic carbocycles. The molecule has 1 N–H and O–H groups in total. The maximum absolute atomic E-state index is 13.8. The number of fused-ring (bicyclic) bond motifs is 1. The van der Waals surface area contributed by atoms with Crippen LogP contribution in [0.3, 0.4) is 0 Å². The molecule has 6 nitrogen and oxygen atoms in total. The Morgan fingerprint density at radius 1 is 1.14 bits per heavy atom. The van der Waals surface area contributed by atoms with Crippen LogP contribution in [0.25, 0.3) is 26.3 Å².